The van der Waals surface area contributed by atoms with Crippen molar-refractivity contribution >= 4 is 11.3 Å². The summed E-state index contributed by atoms with van der Waals surface area (Å²) in [5, 5.41) is 5.65. The largest absolute Gasteiger partial charge is 0.310 e. The second-order valence-corrected chi connectivity index (χ2v) is 5.41. The third-order valence-corrected chi connectivity index (χ3v) is 3.61. The van der Waals surface area contributed by atoms with E-state index in [1.165, 1.54) is 10.4 Å². The molecule has 0 aliphatic carbocycles. The lowest BCUT2D eigenvalue weighted by Crippen LogP contribution is -2.27. The molecule has 0 bridgehead atoms. The number of hydrogen-bond acceptors (Lipinski definition) is 3. The Morgan fingerprint density at radius 3 is 2.88 bits per heavy atom. The summed E-state index contributed by atoms with van der Waals surface area (Å²) >= 11 is 1.82. The van der Waals surface area contributed by atoms with Crippen LogP contribution >= 0.6 is 11.3 Å². The van der Waals surface area contributed by atoms with Crippen LogP contribution in [0.15, 0.2) is 35.8 Å². The van der Waals surface area contributed by atoms with Crippen LogP contribution in [0.5, 0.6) is 0 Å². The molecule has 2 aromatic heterocycles. The Morgan fingerprint density at radius 1 is 1.35 bits per heavy atom. The van der Waals surface area contributed by atoms with Gasteiger partial charge in [-0.05, 0) is 43.3 Å². The number of hydrogen-bond donors (Lipinski definition) is 1. The van der Waals surface area contributed by atoms with Crippen molar-refractivity contribution in [3.63, 3.8) is 0 Å². The molecule has 1 atom stereocenters. The first-order chi connectivity index (χ1) is 8.24. The van der Waals surface area contributed by atoms with Crippen molar-refractivity contribution in [2.75, 3.05) is 0 Å². The molecule has 0 aromatic carbocycles. The molecule has 2 aromatic rings. The Kier molecular flexibility index (Phi) is 4.29. The molecule has 0 radical (unpaired) electrons. The first-order valence-electron chi connectivity index (χ1n) is 5.91. The highest BCUT2D eigenvalue weighted by Gasteiger charge is 2.03. The van der Waals surface area contributed by atoms with Gasteiger partial charge in [-0.2, -0.15) is 0 Å². The highest BCUT2D eigenvalue weighted by Crippen LogP contribution is 2.11. The van der Waals surface area contributed by atoms with Crippen LogP contribution in [-0.2, 0) is 13.0 Å². The molecule has 0 amide bonds. The first kappa shape index (κ1) is 12.3. The van der Waals surface area contributed by atoms with Crippen LogP contribution in [0.1, 0.15) is 23.1 Å². The van der Waals surface area contributed by atoms with Crippen molar-refractivity contribution < 1.29 is 0 Å². The maximum atomic E-state index is 4.29. The standard InChI is InChI=1S/C14H18N2S/c1-11-5-6-13(9-15-11)10-16-12(2)8-14-4-3-7-17-14/h3-7,9,12,16H,8,10H2,1-2H3. The van der Waals surface area contributed by atoms with Crippen molar-refractivity contribution in [1.82, 2.24) is 10.3 Å². The number of nitrogens with one attached hydrogen (secondary N) is 1. The van der Waals surface area contributed by atoms with Crippen molar-refractivity contribution in [3.8, 4) is 0 Å². The summed E-state index contributed by atoms with van der Waals surface area (Å²) in [6, 6.07) is 8.98. The molecular formula is C14H18N2S. The monoisotopic (exact) mass is 246 g/mol. The summed E-state index contributed by atoms with van der Waals surface area (Å²) in [5.41, 5.74) is 2.31. The molecule has 2 rings (SSSR count). The van der Waals surface area contributed by atoms with Crippen LogP contribution in [0, 0.1) is 6.92 Å². The Hall–Kier alpha value is -1.19. The Labute approximate surface area is 107 Å². The summed E-state index contributed by atoms with van der Waals surface area (Å²) in [5.74, 6) is 0. The lowest BCUT2D eigenvalue weighted by Gasteiger charge is -2.12. The summed E-state index contributed by atoms with van der Waals surface area (Å²) in [6.45, 7) is 5.12. The number of aryl methyl sites for hydroxylation is 1. The topological polar surface area (TPSA) is 24.9 Å². The van der Waals surface area contributed by atoms with Crippen molar-refractivity contribution in [3.05, 3.63) is 52.0 Å². The molecule has 2 heterocycles. The smallest absolute Gasteiger partial charge is 0.0372 e. The highest BCUT2D eigenvalue weighted by molar-refractivity contribution is 7.09. The van der Waals surface area contributed by atoms with Crippen LogP contribution in [0.4, 0.5) is 0 Å². The van der Waals surface area contributed by atoms with E-state index in [2.05, 4.69) is 46.9 Å². The first-order valence-corrected chi connectivity index (χ1v) is 6.79. The minimum atomic E-state index is 0.495. The van der Waals surface area contributed by atoms with Crippen LogP contribution in [-0.4, -0.2) is 11.0 Å². The number of pyridine rings is 1. The molecule has 0 saturated heterocycles. The quantitative estimate of drug-likeness (QED) is 0.876. The van der Waals surface area contributed by atoms with Gasteiger partial charge in [-0.3, -0.25) is 4.98 Å². The van der Waals surface area contributed by atoms with E-state index in [1.54, 1.807) is 0 Å². The Balaban J connectivity index is 1.79. The number of thiophene rings is 1. The van der Waals surface area contributed by atoms with Gasteiger partial charge in [-0.25, -0.2) is 0 Å². The zero-order valence-corrected chi connectivity index (χ0v) is 11.1. The fourth-order valence-corrected chi connectivity index (χ4v) is 2.53. The highest BCUT2D eigenvalue weighted by atomic mass is 32.1. The fraction of sp³-hybridized carbons (Fsp3) is 0.357. The van der Waals surface area contributed by atoms with E-state index in [1.807, 2.05) is 24.5 Å². The van der Waals surface area contributed by atoms with E-state index in [9.17, 15) is 0 Å². The Bertz CT molecular complexity index is 434. The van der Waals surface area contributed by atoms with Gasteiger partial charge in [0, 0.05) is 29.4 Å². The maximum Gasteiger partial charge on any atom is 0.0372 e. The second-order valence-electron chi connectivity index (χ2n) is 4.37. The third kappa shape index (κ3) is 3.95. The zero-order chi connectivity index (χ0) is 12.1. The van der Waals surface area contributed by atoms with Gasteiger partial charge in [-0.1, -0.05) is 12.1 Å². The van der Waals surface area contributed by atoms with E-state index >= 15 is 0 Å². The molecule has 3 heteroatoms. The minimum Gasteiger partial charge on any atom is -0.310 e. The van der Waals surface area contributed by atoms with Gasteiger partial charge in [0.2, 0.25) is 0 Å². The Morgan fingerprint density at radius 2 is 2.24 bits per heavy atom. The fourth-order valence-electron chi connectivity index (χ4n) is 1.70. The predicted molar refractivity (Wildman–Crippen MR) is 73.3 cm³/mol. The molecule has 0 fully saturated rings. The molecule has 90 valence electrons. The van der Waals surface area contributed by atoms with E-state index in [0.717, 1.165) is 18.7 Å². The van der Waals surface area contributed by atoms with Crippen LogP contribution in [0.25, 0.3) is 0 Å². The van der Waals surface area contributed by atoms with Gasteiger partial charge in [0.15, 0.2) is 0 Å². The van der Waals surface area contributed by atoms with E-state index < -0.39 is 0 Å². The van der Waals surface area contributed by atoms with Crippen molar-refractivity contribution in [2.45, 2.75) is 32.9 Å². The van der Waals surface area contributed by atoms with Crippen LogP contribution < -0.4 is 5.32 Å². The maximum absolute atomic E-state index is 4.29. The van der Waals surface area contributed by atoms with Gasteiger partial charge in [0.25, 0.3) is 0 Å². The van der Waals surface area contributed by atoms with Gasteiger partial charge in [0.1, 0.15) is 0 Å². The molecule has 1 unspecified atom stereocenters. The zero-order valence-electron chi connectivity index (χ0n) is 10.3. The molecule has 2 nitrogen and oxygen atoms in total. The van der Waals surface area contributed by atoms with Gasteiger partial charge in [-0.15, -0.1) is 11.3 Å². The number of nitrogens with zero attached hydrogens (tertiary/aromatic N) is 1. The molecular weight excluding hydrogens is 228 g/mol. The molecule has 0 aliphatic rings. The average Bonchev–Trinajstić information content (AvgIpc) is 2.81. The van der Waals surface area contributed by atoms with Crippen molar-refractivity contribution in [2.24, 2.45) is 0 Å². The summed E-state index contributed by atoms with van der Waals surface area (Å²) in [6.07, 6.45) is 3.04. The van der Waals surface area contributed by atoms with E-state index in [-0.39, 0.29) is 0 Å². The van der Waals surface area contributed by atoms with Crippen molar-refractivity contribution in [1.29, 1.82) is 0 Å². The summed E-state index contributed by atoms with van der Waals surface area (Å²) < 4.78 is 0. The lowest BCUT2D eigenvalue weighted by atomic mass is 10.2. The van der Waals surface area contributed by atoms with E-state index in [0.29, 0.717) is 6.04 Å². The normalized spacial score (nSPS) is 12.6. The third-order valence-electron chi connectivity index (χ3n) is 2.71. The van der Waals surface area contributed by atoms with Gasteiger partial charge >= 0.3 is 0 Å². The average molecular weight is 246 g/mol. The lowest BCUT2D eigenvalue weighted by molar-refractivity contribution is 0.548. The SMILES string of the molecule is Cc1ccc(CNC(C)Cc2cccs2)cn1. The van der Waals surface area contributed by atoms with Crippen LogP contribution in [0.3, 0.4) is 0 Å². The number of aromatic nitrogens is 1. The van der Waals surface area contributed by atoms with Gasteiger partial charge < -0.3 is 5.32 Å². The summed E-state index contributed by atoms with van der Waals surface area (Å²) in [7, 11) is 0. The second kappa shape index (κ2) is 5.94. The molecule has 0 spiro atoms. The molecule has 1 N–H and O–H groups in total. The molecule has 0 aliphatic heterocycles. The van der Waals surface area contributed by atoms with Gasteiger partial charge in [0.05, 0.1) is 0 Å². The predicted octanol–water partition coefficient (Wildman–Crippen LogP) is 3.17. The minimum absolute atomic E-state index is 0.495. The summed E-state index contributed by atoms with van der Waals surface area (Å²) in [4.78, 5) is 5.73. The molecule has 17 heavy (non-hydrogen) atoms. The number of rotatable bonds is 5. The molecule has 0 saturated carbocycles. The van der Waals surface area contributed by atoms with Crippen LogP contribution in [0.2, 0.25) is 0 Å². The van der Waals surface area contributed by atoms with E-state index in [4.69, 9.17) is 0 Å².